The number of anilines is 1. The van der Waals surface area contributed by atoms with Gasteiger partial charge in [-0.25, -0.2) is 0 Å². The van der Waals surface area contributed by atoms with Crippen LogP contribution < -0.4 is 11.1 Å². The number of carbonyl (C=O) groups is 1. The van der Waals surface area contributed by atoms with E-state index in [0.717, 1.165) is 25.7 Å². The van der Waals surface area contributed by atoms with Gasteiger partial charge in [-0.05, 0) is 38.3 Å². The maximum Gasteiger partial charge on any atom is 0.274 e. The minimum absolute atomic E-state index is 0.0202. The van der Waals surface area contributed by atoms with Crippen LogP contribution in [-0.4, -0.2) is 17.4 Å². The Morgan fingerprint density at radius 2 is 2.14 bits per heavy atom. The zero-order valence-corrected chi connectivity index (χ0v) is 12.2. The Morgan fingerprint density at radius 1 is 1.43 bits per heavy atom. The molecule has 6 heteroatoms. The van der Waals surface area contributed by atoms with E-state index in [1.54, 1.807) is 19.1 Å². The first-order valence-electron chi connectivity index (χ1n) is 7.29. The molecule has 1 aliphatic carbocycles. The number of aryl methyl sites for hydroxylation is 1. The molecule has 0 bridgehead atoms. The fourth-order valence-corrected chi connectivity index (χ4v) is 2.95. The molecule has 1 aliphatic rings. The van der Waals surface area contributed by atoms with Crippen LogP contribution in [0.25, 0.3) is 0 Å². The molecule has 2 atom stereocenters. The molecule has 1 aromatic carbocycles. The second-order valence-corrected chi connectivity index (χ2v) is 5.63. The number of benzene rings is 1. The standard InChI is InChI=1S/C15H21N3O3/c1-10-6-7-12(8-14(10)18(20)21)17-15(19)13-5-3-2-4-11(13)9-16/h6-8,11,13H,2-5,9,16H2,1H3,(H,17,19). The topological polar surface area (TPSA) is 98.3 Å². The molecule has 0 saturated heterocycles. The number of hydrogen-bond acceptors (Lipinski definition) is 4. The van der Waals surface area contributed by atoms with Gasteiger partial charge in [0, 0.05) is 23.2 Å². The van der Waals surface area contributed by atoms with Crippen molar-refractivity contribution in [2.24, 2.45) is 17.6 Å². The maximum absolute atomic E-state index is 12.4. The highest BCUT2D eigenvalue weighted by atomic mass is 16.6. The second kappa shape index (κ2) is 6.67. The van der Waals surface area contributed by atoms with Crippen molar-refractivity contribution in [1.29, 1.82) is 0 Å². The first-order valence-corrected chi connectivity index (χ1v) is 7.29. The summed E-state index contributed by atoms with van der Waals surface area (Å²) in [5.74, 6) is 0.0339. The van der Waals surface area contributed by atoms with Crippen molar-refractivity contribution in [3.8, 4) is 0 Å². The summed E-state index contributed by atoms with van der Waals surface area (Å²) in [7, 11) is 0. The molecule has 2 rings (SSSR count). The number of nitrogens with zero attached hydrogens (tertiary/aromatic N) is 1. The fourth-order valence-electron chi connectivity index (χ4n) is 2.95. The van der Waals surface area contributed by atoms with Crippen molar-refractivity contribution in [2.75, 3.05) is 11.9 Å². The normalized spacial score (nSPS) is 21.8. The third-order valence-electron chi connectivity index (χ3n) is 4.22. The van der Waals surface area contributed by atoms with Crippen LogP contribution >= 0.6 is 0 Å². The lowest BCUT2D eigenvalue weighted by Gasteiger charge is -2.29. The largest absolute Gasteiger partial charge is 0.330 e. The number of carbonyl (C=O) groups excluding carboxylic acids is 1. The average molecular weight is 291 g/mol. The van der Waals surface area contributed by atoms with Crippen LogP contribution in [-0.2, 0) is 4.79 Å². The van der Waals surface area contributed by atoms with Crippen molar-refractivity contribution < 1.29 is 9.72 Å². The Morgan fingerprint density at radius 3 is 2.81 bits per heavy atom. The molecule has 114 valence electrons. The van der Waals surface area contributed by atoms with Crippen LogP contribution in [0.1, 0.15) is 31.2 Å². The zero-order chi connectivity index (χ0) is 15.4. The lowest BCUT2D eigenvalue weighted by atomic mass is 9.78. The van der Waals surface area contributed by atoms with E-state index in [4.69, 9.17) is 5.73 Å². The molecule has 6 nitrogen and oxygen atoms in total. The van der Waals surface area contributed by atoms with Gasteiger partial charge in [-0.15, -0.1) is 0 Å². The molecule has 21 heavy (non-hydrogen) atoms. The number of rotatable bonds is 4. The van der Waals surface area contributed by atoms with E-state index >= 15 is 0 Å². The summed E-state index contributed by atoms with van der Waals surface area (Å²) in [5.41, 5.74) is 6.81. The third kappa shape index (κ3) is 3.58. The van der Waals surface area contributed by atoms with Crippen molar-refractivity contribution in [2.45, 2.75) is 32.6 Å². The van der Waals surface area contributed by atoms with Gasteiger partial charge in [0.25, 0.3) is 5.69 Å². The minimum atomic E-state index is -0.436. The highest BCUT2D eigenvalue weighted by Gasteiger charge is 2.30. The predicted molar refractivity (Wildman–Crippen MR) is 81.0 cm³/mol. The SMILES string of the molecule is Cc1ccc(NC(=O)C2CCCCC2CN)cc1[N+](=O)[O-]. The van der Waals surface area contributed by atoms with E-state index < -0.39 is 4.92 Å². The Hall–Kier alpha value is -1.95. The summed E-state index contributed by atoms with van der Waals surface area (Å²) in [6.45, 7) is 2.18. The predicted octanol–water partition coefficient (Wildman–Crippen LogP) is 2.61. The van der Waals surface area contributed by atoms with Crippen LogP contribution in [0.5, 0.6) is 0 Å². The van der Waals surface area contributed by atoms with Gasteiger partial charge in [0.05, 0.1) is 4.92 Å². The van der Waals surface area contributed by atoms with Crippen LogP contribution in [0.3, 0.4) is 0 Å². The Balaban J connectivity index is 2.12. The van der Waals surface area contributed by atoms with Gasteiger partial charge in [-0.1, -0.05) is 18.9 Å². The van der Waals surface area contributed by atoms with Crippen LogP contribution in [0.15, 0.2) is 18.2 Å². The maximum atomic E-state index is 12.4. The molecule has 0 spiro atoms. The summed E-state index contributed by atoms with van der Waals surface area (Å²) < 4.78 is 0. The fraction of sp³-hybridized carbons (Fsp3) is 0.533. The monoisotopic (exact) mass is 291 g/mol. The number of nitrogens with one attached hydrogen (secondary N) is 1. The summed E-state index contributed by atoms with van der Waals surface area (Å²) in [6.07, 6.45) is 3.95. The van der Waals surface area contributed by atoms with Crippen LogP contribution in [0.2, 0.25) is 0 Å². The number of hydrogen-bond donors (Lipinski definition) is 2. The van der Waals surface area contributed by atoms with E-state index in [9.17, 15) is 14.9 Å². The van der Waals surface area contributed by atoms with Gasteiger partial charge in [0.2, 0.25) is 5.91 Å². The molecule has 0 aromatic heterocycles. The minimum Gasteiger partial charge on any atom is -0.330 e. The van der Waals surface area contributed by atoms with E-state index in [1.165, 1.54) is 6.07 Å². The van der Waals surface area contributed by atoms with Gasteiger partial charge in [0.1, 0.15) is 0 Å². The lowest BCUT2D eigenvalue weighted by molar-refractivity contribution is -0.385. The molecule has 1 amide bonds. The van der Waals surface area contributed by atoms with E-state index in [-0.39, 0.29) is 23.4 Å². The Kier molecular flexibility index (Phi) is 4.90. The summed E-state index contributed by atoms with van der Waals surface area (Å²) in [5, 5.41) is 13.7. The molecule has 3 N–H and O–H groups in total. The number of nitrogens with two attached hydrogens (primary N) is 1. The van der Waals surface area contributed by atoms with Crippen molar-refractivity contribution in [3.05, 3.63) is 33.9 Å². The second-order valence-electron chi connectivity index (χ2n) is 5.63. The van der Waals surface area contributed by atoms with E-state index in [1.807, 2.05) is 0 Å². The quantitative estimate of drug-likeness (QED) is 0.658. The molecule has 0 heterocycles. The summed E-state index contributed by atoms with van der Waals surface area (Å²) in [4.78, 5) is 22.9. The summed E-state index contributed by atoms with van der Waals surface area (Å²) >= 11 is 0. The van der Waals surface area contributed by atoms with E-state index in [2.05, 4.69) is 5.32 Å². The molecule has 1 aromatic rings. The summed E-state index contributed by atoms with van der Waals surface area (Å²) in [6, 6.07) is 4.75. The van der Waals surface area contributed by atoms with Crippen molar-refractivity contribution in [3.63, 3.8) is 0 Å². The zero-order valence-electron chi connectivity index (χ0n) is 12.2. The van der Waals surface area contributed by atoms with E-state index in [0.29, 0.717) is 17.8 Å². The van der Waals surface area contributed by atoms with Gasteiger partial charge >= 0.3 is 0 Å². The van der Waals surface area contributed by atoms with Gasteiger partial charge in [0.15, 0.2) is 0 Å². The van der Waals surface area contributed by atoms with Gasteiger partial charge < -0.3 is 11.1 Å². The first kappa shape index (κ1) is 15.4. The Labute approximate surface area is 123 Å². The Bertz CT molecular complexity index is 545. The number of nitro groups is 1. The molecular weight excluding hydrogens is 270 g/mol. The van der Waals surface area contributed by atoms with Crippen molar-refractivity contribution >= 4 is 17.3 Å². The average Bonchev–Trinajstić information content (AvgIpc) is 2.48. The van der Waals surface area contributed by atoms with Crippen LogP contribution in [0.4, 0.5) is 11.4 Å². The molecule has 1 saturated carbocycles. The number of nitro benzene ring substituents is 1. The lowest BCUT2D eigenvalue weighted by Crippen LogP contribution is -2.35. The highest BCUT2D eigenvalue weighted by molar-refractivity contribution is 5.93. The molecule has 1 fully saturated rings. The smallest absolute Gasteiger partial charge is 0.274 e. The molecular formula is C15H21N3O3. The van der Waals surface area contributed by atoms with Crippen molar-refractivity contribution in [1.82, 2.24) is 0 Å². The molecule has 0 aliphatic heterocycles. The number of amides is 1. The first-order chi connectivity index (χ1) is 10.0. The molecule has 0 radical (unpaired) electrons. The third-order valence-corrected chi connectivity index (χ3v) is 4.22. The molecule has 2 unspecified atom stereocenters. The van der Waals surface area contributed by atoms with Crippen LogP contribution in [0, 0.1) is 28.9 Å². The van der Waals surface area contributed by atoms with Gasteiger partial charge in [-0.3, -0.25) is 14.9 Å². The van der Waals surface area contributed by atoms with Gasteiger partial charge in [-0.2, -0.15) is 0 Å². The highest BCUT2D eigenvalue weighted by Crippen LogP contribution is 2.31.